The Morgan fingerprint density at radius 3 is 2.68 bits per heavy atom. The number of benzene rings is 2. The van der Waals surface area contributed by atoms with E-state index in [-0.39, 0.29) is 5.91 Å². The number of carbonyl (C=O) groups excluding carboxylic acids is 1. The molecule has 0 spiro atoms. The highest BCUT2D eigenvalue weighted by Gasteiger charge is 2.06. The molecule has 8 nitrogen and oxygen atoms in total. The fraction of sp³-hybridized carbons (Fsp3) is 0.0500. The van der Waals surface area contributed by atoms with E-state index in [0.29, 0.717) is 17.5 Å². The van der Waals surface area contributed by atoms with Gasteiger partial charge in [-0.05, 0) is 30.3 Å². The summed E-state index contributed by atoms with van der Waals surface area (Å²) in [7, 11) is 0. The molecule has 4 aromatic rings. The summed E-state index contributed by atoms with van der Waals surface area (Å²) in [6.45, 7) is 1.47. The van der Waals surface area contributed by atoms with E-state index in [1.54, 1.807) is 6.20 Å². The smallest absolute Gasteiger partial charge is 0.249 e. The summed E-state index contributed by atoms with van der Waals surface area (Å²) in [6, 6.07) is 17.1. The maximum Gasteiger partial charge on any atom is 0.249 e. The number of pyridine rings is 1. The maximum absolute atomic E-state index is 11.2. The van der Waals surface area contributed by atoms with E-state index >= 15 is 0 Å². The third-order valence-corrected chi connectivity index (χ3v) is 3.89. The zero-order chi connectivity index (χ0) is 19.3. The highest BCUT2D eigenvalue weighted by molar-refractivity contribution is 5.91. The van der Waals surface area contributed by atoms with Gasteiger partial charge in [0, 0.05) is 29.9 Å². The van der Waals surface area contributed by atoms with Crippen LogP contribution in [0.5, 0.6) is 0 Å². The number of anilines is 5. The molecule has 0 atom stereocenters. The Hall–Kier alpha value is -4.07. The zero-order valence-electron chi connectivity index (χ0n) is 15.0. The average molecular weight is 371 g/mol. The number of para-hydroxylation sites is 1. The van der Waals surface area contributed by atoms with Crippen LogP contribution in [0.1, 0.15) is 6.92 Å². The van der Waals surface area contributed by atoms with Gasteiger partial charge in [-0.2, -0.15) is 10.1 Å². The molecule has 0 aliphatic rings. The highest BCUT2D eigenvalue weighted by Crippen LogP contribution is 2.24. The third kappa shape index (κ3) is 4.01. The van der Waals surface area contributed by atoms with Crippen molar-refractivity contribution in [2.24, 2.45) is 0 Å². The summed E-state index contributed by atoms with van der Waals surface area (Å²) >= 11 is 0. The summed E-state index contributed by atoms with van der Waals surface area (Å²) in [5, 5.41) is 18.1. The van der Waals surface area contributed by atoms with Crippen molar-refractivity contribution in [3.8, 4) is 0 Å². The molecule has 8 heteroatoms. The summed E-state index contributed by atoms with van der Waals surface area (Å²) in [5.41, 5.74) is 3.09. The Morgan fingerprint density at radius 1 is 0.964 bits per heavy atom. The van der Waals surface area contributed by atoms with Crippen molar-refractivity contribution in [3.63, 3.8) is 0 Å². The molecule has 0 radical (unpaired) electrons. The van der Waals surface area contributed by atoms with Crippen LogP contribution in [-0.4, -0.2) is 26.1 Å². The van der Waals surface area contributed by atoms with Crippen LogP contribution in [0.25, 0.3) is 10.9 Å². The summed E-state index contributed by atoms with van der Waals surface area (Å²) in [6.07, 6.45) is 3.27. The van der Waals surface area contributed by atoms with Crippen molar-refractivity contribution in [3.05, 3.63) is 67.0 Å². The minimum Gasteiger partial charge on any atom is -0.339 e. The summed E-state index contributed by atoms with van der Waals surface area (Å²) < 4.78 is 0. The van der Waals surface area contributed by atoms with Crippen LogP contribution >= 0.6 is 0 Å². The van der Waals surface area contributed by atoms with E-state index in [4.69, 9.17) is 0 Å². The van der Waals surface area contributed by atoms with Gasteiger partial charge in [0.2, 0.25) is 11.9 Å². The van der Waals surface area contributed by atoms with E-state index in [9.17, 15) is 4.79 Å². The van der Waals surface area contributed by atoms with Crippen LogP contribution in [0.3, 0.4) is 0 Å². The van der Waals surface area contributed by atoms with Crippen molar-refractivity contribution < 1.29 is 4.79 Å². The predicted octanol–water partition coefficient (Wildman–Crippen LogP) is 3.87. The third-order valence-electron chi connectivity index (χ3n) is 3.89. The Bertz CT molecular complexity index is 1140. The second-order valence-corrected chi connectivity index (χ2v) is 6.06. The minimum atomic E-state index is -0.129. The molecule has 0 saturated heterocycles. The number of amides is 1. The Labute approximate surface area is 161 Å². The van der Waals surface area contributed by atoms with Crippen LogP contribution < -0.4 is 16.0 Å². The van der Waals surface area contributed by atoms with Crippen LogP contribution in [0.4, 0.5) is 28.8 Å². The first kappa shape index (κ1) is 17.3. The second-order valence-electron chi connectivity index (χ2n) is 6.06. The van der Waals surface area contributed by atoms with Gasteiger partial charge in [-0.15, -0.1) is 5.10 Å². The molecule has 2 heterocycles. The average Bonchev–Trinajstić information content (AvgIpc) is 2.68. The van der Waals surface area contributed by atoms with E-state index in [0.717, 1.165) is 22.3 Å². The van der Waals surface area contributed by atoms with Crippen LogP contribution in [-0.2, 0) is 4.79 Å². The Kier molecular flexibility index (Phi) is 4.75. The first-order valence-corrected chi connectivity index (χ1v) is 8.62. The normalized spacial score (nSPS) is 10.5. The Balaban J connectivity index is 1.56. The molecular weight excluding hydrogens is 354 g/mol. The van der Waals surface area contributed by atoms with Crippen molar-refractivity contribution in [2.45, 2.75) is 6.92 Å². The molecule has 3 N–H and O–H groups in total. The largest absolute Gasteiger partial charge is 0.339 e. The molecule has 0 aliphatic heterocycles. The summed E-state index contributed by atoms with van der Waals surface area (Å²) in [4.78, 5) is 20.1. The lowest BCUT2D eigenvalue weighted by molar-refractivity contribution is -0.114. The number of rotatable bonds is 5. The number of hydrogen-bond acceptors (Lipinski definition) is 7. The molecule has 2 aromatic carbocycles. The first-order valence-electron chi connectivity index (χ1n) is 8.62. The van der Waals surface area contributed by atoms with Gasteiger partial charge in [0.05, 0.1) is 17.4 Å². The van der Waals surface area contributed by atoms with E-state index < -0.39 is 0 Å². The van der Waals surface area contributed by atoms with Crippen LogP contribution in [0, 0.1) is 0 Å². The lowest BCUT2D eigenvalue weighted by Gasteiger charge is -2.10. The van der Waals surface area contributed by atoms with Gasteiger partial charge in [-0.1, -0.05) is 24.3 Å². The second kappa shape index (κ2) is 7.67. The number of hydrogen-bond donors (Lipinski definition) is 3. The molecule has 0 saturated carbocycles. The number of carbonyl (C=O) groups is 1. The van der Waals surface area contributed by atoms with Crippen molar-refractivity contribution >= 4 is 45.6 Å². The van der Waals surface area contributed by atoms with Gasteiger partial charge >= 0.3 is 0 Å². The van der Waals surface area contributed by atoms with Gasteiger partial charge in [0.15, 0.2) is 5.82 Å². The van der Waals surface area contributed by atoms with E-state index in [2.05, 4.69) is 36.1 Å². The number of fused-ring (bicyclic) bond motifs is 1. The van der Waals surface area contributed by atoms with Crippen LogP contribution in [0.15, 0.2) is 67.0 Å². The summed E-state index contributed by atoms with van der Waals surface area (Å²) in [5.74, 6) is 0.739. The minimum absolute atomic E-state index is 0.129. The van der Waals surface area contributed by atoms with Gasteiger partial charge < -0.3 is 16.0 Å². The molecule has 0 fully saturated rings. The molecule has 2 aromatic heterocycles. The monoisotopic (exact) mass is 371 g/mol. The standard InChI is InChI=1S/C20H17N7O/c1-13(28)23-15-7-3-8-16(11-15)24-18-12-22-27-20(26-18)25-17-9-2-5-14-6-4-10-21-19(14)17/h2-12H,1H3,(H,23,28)(H2,24,25,26,27). The zero-order valence-corrected chi connectivity index (χ0v) is 15.0. The lowest BCUT2D eigenvalue weighted by atomic mass is 10.2. The maximum atomic E-state index is 11.2. The molecule has 0 bridgehead atoms. The molecule has 0 unspecified atom stereocenters. The molecular formula is C20H17N7O. The van der Waals surface area contributed by atoms with Gasteiger partial charge in [0.1, 0.15) is 0 Å². The molecule has 28 heavy (non-hydrogen) atoms. The molecule has 1 amide bonds. The molecule has 138 valence electrons. The fourth-order valence-corrected chi connectivity index (χ4v) is 2.77. The first-order chi connectivity index (χ1) is 13.7. The van der Waals surface area contributed by atoms with Crippen molar-refractivity contribution in [1.29, 1.82) is 0 Å². The fourth-order valence-electron chi connectivity index (χ4n) is 2.77. The Morgan fingerprint density at radius 2 is 1.79 bits per heavy atom. The van der Waals surface area contributed by atoms with Gasteiger partial charge in [-0.3, -0.25) is 9.78 Å². The highest BCUT2D eigenvalue weighted by atomic mass is 16.1. The van der Waals surface area contributed by atoms with Crippen molar-refractivity contribution in [1.82, 2.24) is 20.2 Å². The van der Waals surface area contributed by atoms with Crippen molar-refractivity contribution in [2.75, 3.05) is 16.0 Å². The number of nitrogens with one attached hydrogen (secondary N) is 3. The SMILES string of the molecule is CC(=O)Nc1cccc(Nc2cnnc(Nc3cccc4cccnc34)n2)c1. The predicted molar refractivity (Wildman–Crippen MR) is 109 cm³/mol. The van der Waals surface area contributed by atoms with Crippen LogP contribution in [0.2, 0.25) is 0 Å². The van der Waals surface area contributed by atoms with Gasteiger partial charge in [0.25, 0.3) is 0 Å². The topological polar surface area (TPSA) is 105 Å². The lowest BCUT2D eigenvalue weighted by Crippen LogP contribution is -2.06. The van der Waals surface area contributed by atoms with Gasteiger partial charge in [-0.25, -0.2) is 0 Å². The number of nitrogens with zero attached hydrogens (tertiary/aromatic N) is 4. The quantitative estimate of drug-likeness (QED) is 0.489. The number of aromatic nitrogens is 4. The molecule has 0 aliphatic carbocycles. The van der Waals surface area contributed by atoms with E-state index in [1.165, 1.54) is 13.1 Å². The van der Waals surface area contributed by atoms with E-state index in [1.807, 2.05) is 54.6 Å². The molecule has 4 rings (SSSR count).